The normalized spacial score (nSPS) is 10.1. The second kappa shape index (κ2) is 5.48. The number of hydrogen-bond acceptors (Lipinski definition) is 3. The summed E-state index contributed by atoms with van der Waals surface area (Å²) in [5, 5.41) is 9.01. The van der Waals surface area contributed by atoms with Crippen LogP contribution in [0.5, 0.6) is 0 Å². The zero-order valence-electron chi connectivity index (χ0n) is 10.5. The molecular weight excluding hydrogens is 216 g/mol. The Balaban J connectivity index is 3.10. The van der Waals surface area contributed by atoms with Gasteiger partial charge in [-0.1, -0.05) is 12.2 Å². The number of aromatic carboxylic acids is 1. The molecule has 0 unspecified atom stereocenters. The third kappa shape index (κ3) is 3.59. The molecule has 1 N–H and O–H groups in total. The number of rotatable bonds is 5. The van der Waals surface area contributed by atoms with Crippen LogP contribution in [0.4, 0.5) is 5.82 Å². The third-order valence-corrected chi connectivity index (χ3v) is 2.35. The Hall–Kier alpha value is -1.84. The van der Waals surface area contributed by atoms with E-state index in [-0.39, 0.29) is 5.56 Å². The molecule has 1 aromatic rings. The van der Waals surface area contributed by atoms with Crippen LogP contribution in [0, 0.1) is 6.92 Å². The lowest BCUT2D eigenvalue weighted by Gasteiger charge is -2.22. The minimum absolute atomic E-state index is 0.271. The van der Waals surface area contributed by atoms with Gasteiger partial charge in [0, 0.05) is 18.8 Å². The van der Waals surface area contributed by atoms with Crippen molar-refractivity contribution in [3.8, 4) is 0 Å². The average molecular weight is 234 g/mol. The van der Waals surface area contributed by atoms with E-state index in [0.717, 1.165) is 12.1 Å². The van der Waals surface area contributed by atoms with Crippen LogP contribution in [0.3, 0.4) is 0 Å². The highest BCUT2D eigenvalue weighted by Crippen LogP contribution is 2.16. The van der Waals surface area contributed by atoms with E-state index in [4.69, 9.17) is 5.11 Å². The number of aryl methyl sites for hydroxylation is 1. The van der Waals surface area contributed by atoms with E-state index in [1.165, 1.54) is 0 Å². The Labute approximate surface area is 102 Å². The van der Waals surface area contributed by atoms with Gasteiger partial charge in [-0.3, -0.25) is 0 Å². The van der Waals surface area contributed by atoms with Gasteiger partial charge in [0.15, 0.2) is 0 Å². The van der Waals surface area contributed by atoms with Gasteiger partial charge in [0.2, 0.25) is 0 Å². The van der Waals surface area contributed by atoms with Gasteiger partial charge >= 0.3 is 5.97 Å². The molecule has 4 heteroatoms. The number of anilines is 1. The van der Waals surface area contributed by atoms with Crippen molar-refractivity contribution in [1.82, 2.24) is 4.98 Å². The largest absolute Gasteiger partial charge is 0.478 e. The molecule has 0 amide bonds. The quantitative estimate of drug-likeness (QED) is 0.795. The molecule has 0 atom stereocenters. The summed E-state index contributed by atoms with van der Waals surface area (Å²) in [4.78, 5) is 17.3. The first-order valence-electron chi connectivity index (χ1n) is 5.55. The molecule has 92 valence electrons. The highest BCUT2D eigenvalue weighted by atomic mass is 16.4. The zero-order valence-corrected chi connectivity index (χ0v) is 10.5. The van der Waals surface area contributed by atoms with Gasteiger partial charge in [0.1, 0.15) is 5.82 Å². The molecule has 0 radical (unpaired) electrons. The van der Waals surface area contributed by atoms with Crippen LogP contribution in [0.25, 0.3) is 0 Å². The van der Waals surface area contributed by atoms with E-state index < -0.39 is 5.97 Å². The van der Waals surface area contributed by atoms with E-state index >= 15 is 0 Å². The molecule has 0 aliphatic rings. The lowest BCUT2D eigenvalue weighted by molar-refractivity contribution is 0.0696. The van der Waals surface area contributed by atoms with Crippen LogP contribution < -0.4 is 4.90 Å². The molecule has 17 heavy (non-hydrogen) atoms. The molecule has 1 rings (SSSR count). The second-order valence-corrected chi connectivity index (χ2v) is 4.13. The fourth-order valence-electron chi connectivity index (χ4n) is 1.62. The van der Waals surface area contributed by atoms with Gasteiger partial charge in [0.05, 0.1) is 5.56 Å². The van der Waals surface area contributed by atoms with Crippen LogP contribution in [0.2, 0.25) is 0 Å². The Morgan fingerprint density at radius 3 is 2.65 bits per heavy atom. The van der Waals surface area contributed by atoms with Gasteiger partial charge < -0.3 is 10.0 Å². The zero-order chi connectivity index (χ0) is 13.0. The smallest absolute Gasteiger partial charge is 0.335 e. The van der Waals surface area contributed by atoms with E-state index in [0.29, 0.717) is 18.1 Å². The molecule has 4 nitrogen and oxygen atoms in total. The minimum atomic E-state index is -0.928. The summed E-state index contributed by atoms with van der Waals surface area (Å²) >= 11 is 0. The third-order valence-electron chi connectivity index (χ3n) is 2.35. The molecule has 0 fully saturated rings. The van der Waals surface area contributed by atoms with Crippen LogP contribution in [-0.4, -0.2) is 29.1 Å². The average Bonchev–Trinajstić information content (AvgIpc) is 2.24. The van der Waals surface area contributed by atoms with Crippen molar-refractivity contribution in [2.75, 3.05) is 18.0 Å². The van der Waals surface area contributed by atoms with Crippen molar-refractivity contribution in [2.24, 2.45) is 0 Å². The maximum atomic E-state index is 11.0. The molecule has 0 aliphatic heterocycles. The number of pyridine rings is 1. The van der Waals surface area contributed by atoms with Gasteiger partial charge in [-0.25, -0.2) is 9.78 Å². The van der Waals surface area contributed by atoms with E-state index in [1.807, 2.05) is 18.7 Å². The SMILES string of the molecule is C=C(C)CN(CC)c1cc(C(=O)O)cc(C)n1. The van der Waals surface area contributed by atoms with Crippen molar-refractivity contribution in [1.29, 1.82) is 0 Å². The van der Waals surface area contributed by atoms with Crippen molar-refractivity contribution in [3.05, 3.63) is 35.5 Å². The summed E-state index contributed by atoms with van der Waals surface area (Å²) in [6.45, 7) is 11.1. The van der Waals surface area contributed by atoms with Crippen LogP contribution in [0.15, 0.2) is 24.3 Å². The molecule has 0 saturated carbocycles. The Morgan fingerprint density at radius 2 is 2.18 bits per heavy atom. The Kier molecular flexibility index (Phi) is 4.26. The summed E-state index contributed by atoms with van der Waals surface area (Å²) in [5.74, 6) is -0.240. The van der Waals surface area contributed by atoms with Crippen molar-refractivity contribution < 1.29 is 9.90 Å². The van der Waals surface area contributed by atoms with E-state index in [9.17, 15) is 4.79 Å². The molecule has 0 spiro atoms. The predicted octanol–water partition coefficient (Wildman–Crippen LogP) is 2.49. The molecule has 0 aliphatic carbocycles. The molecule has 0 saturated heterocycles. The number of aromatic nitrogens is 1. The second-order valence-electron chi connectivity index (χ2n) is 4.13. The Bertz CT molecular complexity index is 441. The van der Waals surface area contributed by atoms with E-state index in [1.54, 1.807) is 19.1 Å². The fraction of sp³-hybridized carbons (Fsp3) is 0.385. The number of nitrogens with zero attached hydrogens (tertiary/aromatic N) is 2. The van der Waals surface area contributed by atoms with Crippen molar-refractivity contribution in [3.63, 3.8) is 0 Å². The highest BCUT2D eigenvalue weighted by Gasteiger charge is 2.11. The van der Waals surface area contributed by atoms with Crippen molar-refractivity contribution >= 4 is 11.8 Å². The predicted molar refractivity (Wildman–Crippen MR) is 68.6 cm³/mol. The topological polar surface area (TPSA) is 53.4 Å². The summed E-state index contributed by atoms with van der Waals surface area (Å²) in [7, 11) is 0. The van der Waals surface area contributed by atoms with E-state index in [2.05, 4.69) is 11.6 Å². The molecule has 0 bridgehead atoms. The van der Waals surface area contributed by atoms with Gasteiger partial charge in [-0.05, 0) is 32.9 Å². The monoisotopic (exact) mass is 234 g/mol. The molecule has 0 aromatic carbocycles. The first-order valence-corrected chi connectivity index (χ1v) is 5.55. The number of carbonyl (C=O) groups is 1. The lowest BCUT2D eigenvalue weighted by Crippen LogP contribution is -2.26. The van der Waals surface area contributed by atoms with Crippen LogP contribution >= 0.6 is 0 Å². The lowest BCUT2D eigenvalue weighted by atomic mass is 10.2. The fourth-order valence-corrected chi connectivity index (χ4v) is 1.62. The number of hydrogen-bond donors (Lipinski definition) is 1. The summed E-state index contributed by atoms with van der Waals surface area (Å²) in [5.41, 5.74) is 2.00. The van der Waals surface area contributed by atoms with Gasteiger partial charge in [-0.2, -0.15) is 0 Å². The maximum Gasteiger partial charge on any atom is 0.335 e. The van der Waals surface area contributed by atoms with Crippen LogP contribution in [-0.2, 0) is 0 Å². The summed E-state index contributed by atoms with van der Waals surface area (Å²) in [6, 6.07) is 3.17. The summed E-state index contributed by atoms with van der Waals surface area (Å²) < 4.78 is 0. The highest BCUT2D eigenvalue weighted by molar-refractivity contribution is 5.88. The number of carboxylic acid groups (broad SMARTS) is 1. The van der Waals surface area contributed by atoms with Gasteiger partial charge in [-0.15, -0.1) is 0 Å². The summed E-state index contributed by atoms with van der Waals surface area (Å²) in [6.07, 6.45) is 0. The standard InChI is InChI=1S/C13H18N2O2/c1-5-15(8-9(2)3)12-7-11(13(16)17)6-10(4)14-12/h6-7H,2,5,8H2,1,3-4H3,(H,16,17). The molecule has 1 heterocycles. The van der Waals surface area contributed by atoms with Crippen molar-refractivity contribution in [2.45, 2.75) is 20.8 Å². The Morgan fingerprint density at radius 1 is 1.53 bits per heavy atom. The molecular formula is C13H18N2O2. The number of likely N-dealkylation sites (N-methyl/N-ethyl adjacent to an activating group) is 1. The first-order chi connectivity index (χ1) is 7.93. The number of carboxylic acids is 1. The molecule has 1 aromatic heterocycles. The minimum Gasteiger partial charge on any atom is -0.478 e. The van der Waals surface area contributed by atoms with Gasteiger partial charge in [0.25, 0.3) is 0 Å². The van der Waals surface area contributed by atoms with Crippen LogP contribution in [0.1, 0.15) is 29.9 Å². The maximum absolute atomic E-state index is 11.0. The first kappa shape index (κ1) is 13.2.